The van der Waals surface area contributed by atoms with Crippen LogP contribution in [0.1, 0.15) is 11.5 Å². The molecule has 0 bridgehead atoms. The molecule has 1 aliphatic rings. The van der Waals surface area contributed by atoms with Crippen molar-refractivity contribution in [2.75, 3.05) is 18.6 Å². The van der Waals surface area contributed by atoms with Crippen molar-refractivity contribution in [1.29, 1.82) is 0 Å². The largest absolute Gasteiger partial charge is 0.463 e. The lowest BCUT2D eigenvalue weighted by atomic mass is 9.97. The van der Waals surface area contributed by atoms with Crippen LogP contribution >= 0.6 is 0 Å². The summed E-state index contributed by atoms with van der Waals surface area (Å²) in [6, 6.07) is 7.50. The molecule has 0 fully saturated rings. The number of benzene rings is 1. The number of ether oxygens (including phenoxy) is 1. The van der Waals surface area contributed by atoms with Gasteiger partial charge < -0.3 is 9.64 Å². The lowest BCUT2D eigenvalue weighted by Gasteiger charge is -2.18. The molecule has 106 valence electrons. The van der Waals surface area contributed by atoms with Gasteiger partial charge in [0.1, 0.15) is 6.33 Å². The van der Waals surface area contributed by atoms with Crippen molar-refractivity contribution < 1.29 is 14.3 Å². The number of aromatic nitrogens is 2. The van der Waals surface area contributed by atoms with E-state index < -0.39 is 17.7 Å². The monoisotopic (exact) mass is 283 g/mol. The molecule has 1 aliphatic heterocycles. The summed E-state index contributed by atoms with van der Waals surface area (Å²) in [4.78, 5) is 33.6. The number of fused-ring (bicyclic) bond motifs is 1. The summed E-state index contributed by atoms with van der Waals surface area (Å²) in [5, 5.41) is 0. The van der Waals surface area contributed by atoms with Crippen LogP contribution in [0.5, 0.6) is 0 Å². The number of carbonyl (C=O) groups is 2. The van der Waals surface area contributed by atoms with Crippen molar-refractivity contribution >= 4 is 23.1 Å². The predicted octanol–water partition coefficient (Wildman–Crippen LogP) is 1.45. The number of esters is 1. The highest BCUT2D eigenvalue weighted by atomic mass is 16.5. The van der Waals surface area contributed by atoms with E-state index in [1.54, 1.807) is 12.4 Å². The van der Waals surface area contributed by atoms with E-state index in [0.29, 0.717) is 6.54 Å². The van der Waals surface area contributed by atoms with Crippen LogP contribution in [0.3, 0.4) is 0 Å². The number of Topliss-reactive ketones (excluding diaryl/α,β-unsaturated/α-hetero) is 1. The van der Waals surface area contributed by atoms with E-state index in [0.717, 1.165) is 16.9 Å². The summed E-state index contributed by atoms with van der Waals surface area (Å²) in [6.07, 6.45) is 4.80. The highest BCUT2D eigenvalue weighted by molar-refractivity contribution is 6.36. The van der Waals surface area contributed by atoms with E-state index in [2.05, 4.69) is 14.7 Å². The summed E-state index contributed by atoms with van der Waals surface area (Å²) in [7, 11) is 1.21. The Morgan fingerprint density at radius 3 is 2.67 bits per heavy atom. The predicted molar refractivity (Wildman–Crippen MR) is 75.2 cm³/mol. The number of anilines is 2. The second kappa shape index (κ2) is 5.32. The minimum absolute atomic E-state index is 0.376. The van der Waals surface area contributed by atoms with Gasteiger partial charge in [0.05, 0.1) is 31.1 Å². The van der Waals surface area contributed by atoms with Crippen molar-refractivity contribution in [3.8, 4) is 0 Å². The molecule has 6 heteroatoms. The van der Waals surface area contributed by atoms with Crippen LogP contribution in [0.25, 0.3) is 0 Å². The second-order valence-electron chi connectivity index (χ2n) is 4.67. The maximum atomic E-state index is 12.2. The van der Waals surface area contributed by atoms with E-state index >= 15 is 0 Å². The molecule has 6 nitrogen and oxygen atoms in total. The third-order valence-corrected chi connectivity index (χ3v) is 3.53. The molecule has 0 N–H and O–H groups in total. The van der Waals surface area contributed by atoms with Gasteiger partial charge in [-0.25, -0.2) is 14.8 Å². The van der Waals surface area contributed by atoms with Gasteiger partial charge in [-0.15, -0.1) is 0 Å². The van der Waals surface area contributed by atoms with E-state index in [9.17, 15) is 9.59 Å². The van der Waals surface area contributed by atoms with Gasteiger partial charge in [-0.1, -0.05) is 18.2 Å². The maximum absolute atomic E-state index is 12.2. The van der Waals surface area contributed by atoms with Crippen molar-refractivity contribution in [2.24, 2.45) is 0 Å². The first kappa shape index (κ1) is 13.2. The van der Waals surface area contributed by atoms with Crippen LogP contribution in [-0.4, -0.2) is 35.4 Å². The first-order valence-electron chi connectivity index (χ1n) is 6.46. The highest BCUT2D eigenvalue weighted by Gasteiger charge is 2.37. The lowest BCUT2D eigenvalue weighted by Crippen LogP contribution is -2.27. The Kier molecular flexibility index (Phi) is 3.35. The van der Waals surface area contributed by atoms with Gasteiger partial charge in [0, 0.05) is 12.2 Å². The van der Waals surface area contributed by atoms with Gasteiger partial charge in [0.15, 0.2) is 0 Å². The number of hydrogen-bond donors (Lipinski definition) is 0. The van der Waals surface area contributed by atoms with Crippen LogP contribution in [0.15, 0.2) is 43.0 Å². The quantitative estimate of drug-likeness (QED) is 0.627. The number of para-hydroxylation sites is 1. The average molecular weight is 283 g/mol. The van der Waals surface area contributed by atoms with Gasteiger partial charge in [-0.05, 0) is 11.6 Å². The number of hydrogen-bond acceptors (Lipinski definition) is 6. The summed E-state index contributed by atoms with van der Waals surface area (Å²) < 4.78 is 4.55. The zero-order valence-electron chi connectivity index (χ0n) is 11.4. The minimum atomic E-state index is -0.819. The van der Waals surface area contributed by atoms with Crippen LogP contribution in [-0.2, 0) is 14.3 Å². The van der Waals surface area contributed by atoms with Gasteiger partial charge in [-0.2, -0.15) is 0 Å². The number of rotatable bonds is 3. The van der Waals surface area contributed by atoms with E-state index in [4.69, 9.17) is 0 Å². The molecule has 1 unspecified atom stereocenters. The Morgan fingerprint density at radius 2 is 1.95 bits per heavy atom. The summed E-state index contributed by atoms with van der Waals surface area (Å²) >= 11 is 0. The lowest BCUT2D eigenvalue weighted by molar-refractivity contribution is -0.152. The van der Waals surface area contributed by atoms with Crippen LogP contribution in [0.2, 0.25) is 0 Å². The topological polar surface area (TPSA) is 72.4 Å². The van der Waals surface area contributed by atoms with Gasteiger partial charge in [0.25, 0.3) is 0 Å². The molecule has 21 heavy (non-hydrogen) atoms. The van der Waals surface area contributed by atoms with Gasteiger partial charge in [0.2, 0.25) is 5.78 Å². The molecule has 0 spiro atoms. The Balaban J connectivity index is 2.01. The fourth-order valence-corrected chi connectivity index (χ4v) is 2.55. The molecular formula is C15H13N3O3. The maximum Gasteiger partial charge on any atom is 0.375 e. The molecule has 0 saturated carbocycles. The summed E-state index contributed by atoms with van der Waals surface area (Å²) in [5.41, 5.74) is 2.48. The molecule has 1 aromatic heterocycles. The zero-order chi connectivity index (χ0) is 14.8. The number of ketones is 1. The van der Waals surface area contributed by atoms with Crippen LogP contribution in [0, 0.1) is 0 Å². The SMILES string of the molecule is COC(=O)C(=O)C1CN(c2cncnc2)c2ccccc21. The smallest absolute Gasteiger partial charge is 0.375 e. The van der Waals surface area contributed by atoms with Gasteiger partial charge in [-0.3, -0.25) is 4.79 Å². The third-order valence-electron chi connectivity index (χ3n) is 3.53. The van der Waals surface area contributed by atoms with Crippen molar-refractivity contribution in [2.45, 2.75) is 5.92 Å². The van der Waals surface area contributed by atoms with Crippen LogP contribution < -0.4 is 4.90 Å². The Labute approximate surface area is 121 Å². The second-order valence-corrected chi connectivity index (χ2v) is 4.67. The summed E-state index contributed by atoms with van der Waals surface area (Å²) in [5.74, 6) is -1.89. The molecular weight excluding hydrogens is 270 g/mol. The van der Waals surface area contributed by atoms with E-state index in [1.165, 1.54) is 13.4 Å². The van der Waals surface area contributed by atoms with Crippen LogP contribution in [0.4, 0.5) is 11.4 Å². The molecule has 3 rings (SSSR count). The summed E-state index contributed by atoms with van der Waals surface area (Å²) in [6.45, 7) is 0.376. The fourth-order valence-electron chi connectivity index (χ4n) is 2.55. The number of methoxy groups -OCH3 is 1. The van der Waals surface area contributed by atoms with Gasteiger partial charge >= 0.3 is 5.97 Å². The molecule has 2 aromatic rings. The van der Waals surface area contributed by atoms with Crippen molar-refractivity contribution in [3.63, 3.8) is 0 Å². The molecule has 0 amide bonds. The molecule has 1 aromatic carbocycles. The first-order chi connectivity index (χ1) is 10.2. The first-order valence-corrected chi connectivity index (χ1v) is 6.46. The van der Waals surface area contributed by atoms with E-state index in [-0.39, 0.29) is 0 Å². The molecule has 0 radical (unpaired) electrons. The molecule has 0 saturated heterocycles. The number of nitrogens with zero attached hydrogens (tertiary/aromatic N) is 3. The Hall–Kier alpha value is -2.76. The standard InChI is InChI=1S/C15H13N3O3/c1-21-15(20)14(19)12-8-18(10-6-16-9-17-7-10)13-5-3-2-4-11(12)13/h2-7,9,12H,8H2,1H3. The zero-order valence-corrected chi connectivity index (χ0v) is 11.4. The third kappa shape index (κ3) is 2.24. The Bertz CT molecular complexity index is 688. The molecule has 2 heterocycles. The normalized spacial score (nSPS) is 16.4. The minimum Gasteiger partial charge on any atom is -0.463 e. The van der Waals surface area contributed by atoms with Crippen molar-refractivity contribution in [1.82, 2.24) is 9.97 Å². The number of carbonyl (C=O) groups excluding carboxylic acids is 2. The molecule has 1 atom stereocenters. The highest BCUT2D eigenvalue weighted by Crippen LogP contribution is 2.40. The average Bonchev–Trinajstić information content (AvgIpc) is 2.94. The molecule has 0 aliphatic carbocycles. The van der Waals surface area contributed by atoms with E-state index in [1.807, 2.05) is 29.2 Å². The Morgan fingerprint density at radius 1 is 1.24 bits per heavy atom. The van der Waals surface area contributed by atoms with Crippen molar-refractivity contribution in [3.05, 3.63) is 48.5 Å². The fraction of sp³-hybridized carbons (Fsp3) is 0.200.